The van der Waals surface area contributed by atoms with Crippen molar-refractivity contribution in [3.05, 3.63) is 176 Å². The third-order valence-electron chi connectivity index (χ3n) is 25.0. The lowest BCUT2D eigenvalue weighted by atomic mass is 9.71. The van der Waals surface area contributed by atoms with E-state index < -0.39 is 73.5 Å². The quantitative estimate of drug-likeness (QED) is 0.0405. The number of aromatic carboxylic acids is 2. The lowest BCUT2D eigenvalue weighted by molar-refractivity contribution is -0.182. The van der Waals surface area contributed by atoms with Gasteiger partial charge in [0.05, 0.1) is 63.7 Å². The van der Waals surface area contributed by atoms with Crippen molar-refractivity contribution in [1.29, 1.82) is 0 Å². The van der Waals surface area contributed by atoms with Crippen molar-refractivity contribution in [1.82, 2.24) is 20.0 Å². The van der Waals surface area contributed by atoms with E-state index in [1.165, 1.54) is 31.1 Å². The van der Waals surface area contributed by atoms with E-state index in [0.717, 1.165) is 137 Å². The minimum Gasteiger partial charge on any atom is -0.490 e. The van der Waals surface area contributed by atoms with Crippen LogP contribution >= 0.6 is 15.9 Å². The fourth-order valence-electron chi connectivity index (χ4n) is 17.6. The average Bonchev–Trinajstić information content (AvgIpc) is 0.977. The number of alkyl halides is 12. The molecule has 8 aliphatic carbocycles. The normalized spacial score (nSPS) is 21.9. The van der Waals surface area contributed by atoms with E-state index in [1.54, 1.807) is 64.4 Å². The van der Waals surface area contributed by atoms with Gasteiger partial charge in [-0.25, -0.2) is 14.4 Å². The molecule has 2 saturated heterocycles. The smallest absolute Gasteiger partial charge is 0.483 e. The Hall–Kier alpha value is -8.75. The average molecular weight is 1810 g/mol. The maximum absolute atomic E-state index is 13.4. The van der Waals surface area contributed by atoms with Crippen molar-refractivity contribution >= 4 is 64.0 Å². The standard InChI is InChI=1S/C31H35F3N2O4.C23H31F3N2O2.C19H21F3O3.C12H13BrO3.C7H10BF3O2/c32-31(33,34)25-13-10-23(11-14-25)27-20-24(12-15-28(27)40-26-8-4-5-9-26)29(37)35-16-18-36(19-17-35)30(38)39-21-22-6-2-1-3-7-22;24-23(25,26)18-8-5-16(6-9-18)20-15-17(22(29)28-13-11-27-12-14-28)7-10-21(20)30-19-3-1-2-4-19;20-19(21,22)14-8-5-12(6-9-14)16-11-13(18(23)24)7-10-17(16)25-15-3-1-2-4-15;13-10-7-8(12(14)15)5-6-11(10)16-9-3-1-2-4-9;9-7(10,11)5-1-3-6(4-2-5)8(12)13/h1-3,6-7,10,12,15,20,25-26H,4-5,8-9,11,13-14,16-19,21H2;7,10,15-16,18-19,27H,1-6,8-9,11-14H2;5,7,10-11,14-15H,1-4,6,8-9H2,(H,23,24);5-7,9H,1-4H2,(H,14,15);3,5,12-13H,1-2,4H2. The number of allylic oxidation sites excluding steroid dienone is 6. The lowest BCUT2D eigenvalue weighted by Crippen LogP contribution is -2.50. The molecule has 3 atom stereocenters. The highest BCUT2D eigenvalue weighted by Crippen LogP contribution is 2.48. The maximum Gasteiger partial charge on any atom is 0.483 e. The molecule has 5 aromatic rings. The number of carboxylic acid groups (broad SMARTS) is 2. The molecular formula is C92H110BBrF12N4O14. The van der Waals surface area contributed by atoms with E-state index in [0.29, 0.717) is 95.8 Å². The van der Waals surface area contributed by atoms with Crippen molar-refractivity contribution < 1.29 is 121 Å². The number of carboxylic acids is 2. The summed E-state index contributed by atoms with van der Waals surface area (Å²) in [6.07, 6.45) is 6.87. The molecule has 32 heteroatoms. The Bertz CT molecular complexity index is 4460. The van der Waals surface area contributed by atoms with Crippen LogP contribution in [-0.4, -0.2) is 173 Å². The van der Waals surface area contributed by atoms with Crippen molar-refractivity contribution in [2.24, 2.45) is 23.7 Å². The molecule has 676 valence electrons. The maximum atomic E-state index is 13.4. The molecule has 0 radical (unpaired) electrons. The zero-order valence-electron chi connectivity index (χ0n) is 69.3. The van der Waals surface area contributed by atoms with E-state index in [2.05, 4.69) is 21.2 Å². The van der Waals surface area contributed by atoms with Gasteiger partial charge in [0.1, 0.15) is 29.6 Å². The third-order valence-corrected chi connectivity index (χ3v) is 25.6. The molecule has 10 aliphatic rings. The number of hydrogen-bond donors (Lipinski definition) is 5. The van der Waals surface area contributed by atoms with E-state index in [1.807, 2.05) is 53.4 Å². The Balaban J connectivity index is 0.000000159. The first-order valence-corrected chi connectivity index (χ1v) is 44.2. The van der Waals surface area contributed by atoms with Crippen molar-refractivity contribution in [3.63, 3.8) is 0 Å². The topological polar surface area (TPSA) is 234 Å². The van der Waals surface area contributed by atoms with Crippen molar-refractivity contribution in [2.75, 3.05) is 52.4 Å². The van der Waals surface area contributed by atoms with E-state index in [-0.39, 0.29) is 131 Å². The molecule has 3 amide bonds. The van der Waals surface area contributed by atoms with Gasteiger partial charge in [-0.3, -0.25) is 9.59 Å². The number of rotatable bonds is 18. The summed E-state index contributed by atoms with van der Waals surface area (Å²) in [4.78, 5) is 66.1. The predicted octanol–water partition coefficient (Wildman–Crippen LogP) is 21.9. The number of piperazine rings is 2. The fourth-order valence-corrected chi connectivity index (χ4v) is 18.1. The van der Waals surface area contributed by atoms with Gasteiger partial charge >= 0.3 is 49.9 Å². The zero-order valence-corrected chi connectivity index (χ0v) is 70.9. The van der Waals surface area contributed by atoms with Crippen LogP contribution in [0.3, 0.4) is 0 Å². The van der Waals surface area contributed by atoms with Gasteiger partial charge in [-0.15, -0.1) is 0 Å². The van der Waals surface area contributed by atoms with Gasteiger partial charge in [0.25, 0.3) is 11.8 Å². The number of nitrogens with zero attached hydrogens (tertiary/aromatic N) is 3. The number of hydrogen-bond acceptors (Lipinski definition) is 13. The van der Waals surface area contributed by atoms with Gasteiger partial charge in [-0.2, -0.15) is 52.7 Å². The van der Waals surface area contributed by atoms with Crippen LogP contribution in [0.2, 0.25) is 0 Å². The lowest BCUT2D eigenvalue weighted by Gasteiger charge is -2.34. The molecule has 15 rings (SSSR count). The third kappa shape index (κ3) is 27.9. The Morgan fingerprint density at radius 2 is 0.790 bits per heavy atom. The summed E-state index contributed by atoms with van der Waals surface area (Å²) in [5, 5.41) is 38.6. The summed E-state index contributed by atoms with van der Waals surface area (Å²) in [6.45, 7) is 4.55. The van der Waals surface area contributed by atoms with Crippen LogP contribution in [0.15, 0.2) is 131 Å². The second kappa shape index (κ2) is 44.6. The SMILES string of the molecule is O=C(O)c1ccc(OC2CCCC2)c(Br)c1.O=C(O)c1ccc(OC2CCCC2)c(C2=CCC(C(F)(F)F)CC2)c1.O=C(OCc1ccccc1)N1CCN(C(=O)c2ccc(OC3CCCC3)c(C3=CCC(C(F)(F)F)CC3)c2)CC1.O=C(c1ccc(OC2CCCC2)c(C2CCC(C(F)(F)F)CC2)c1)N1CCNCC1.OB(O)C1=CCC(C(F)(F)F)CC1. The number of benzene rings is 5. The molecule has 5 saturated carbocycles. The number of nitrogens with one attached hydrogen (secondary N) is 1. The van der Waals surface area contributed by atoms with Crippen LogP contribution < -0.4 is 24.3 Å². The summed E-state index contributed by atoms with van der Waals surface area (Å²) in [7, 11) is -1.60. The monoisotopic (exact) mass is 1810 g/mol. The first kappa shape index (κ1) is 95.9. The molecule has 2 heterocycles. The summed E-state index contributed by atoms with van der Waals surface area (Å²) in [5.41, 5.74) is 6.46. The van der Waals surface area contributed by atoms with Gasteiger partial charge < -0.3 is 64.0 Å². The largest absolute Gasteiger partial charge is 0.490 e. The molecule has 0 spiro atoms. The van der Waals surface area contributed by atoms with Crippen LogP contribution in [0.1, 0.15) is 256 Å². The number of ether oxygens (including phenoxy) is 5. The van der Waals surface area contributed by atoms with Gasteiger partial charge in [0.15, 0.2) is 0 Å². The Labute approximate surface area is 723 Å². The van der Waals surface area contributed by atoms with Crippen LogP contribution in [0.5, 0.6) is 23.0 Å². The molecule has 2 aliphatic heterocycles. The number of carbonyl (C=O) groups is 5. The molecule has 124 heavy (non-hydrogen) atoms. The van der Waals surface area contributed by atoms with E-state index in [9.17, 15) is 81.8 Å². The van der Waals surface area contributed by atoms with Crippen molar-refractivity contribution in [2.45, 2.75) is 248 Å². The summed E-state index contributed by atoms with van der Waals surface area (Å²) in [6, 6.07) is 29.8. The summed E-state index contributed by atoms with van der Waals surface area (Å²) >= 11 is 3.33. The predicted molar refractivity (Wildman–Crippen MR) is 447 cm³/mol. The fraction of sp³-hybridized carbons (Fsp3) is 0.554. The summed E-state index contributed by atoms with van der Waals surface area (Å²) in [5.74, 6) is -4.64. The second-order valence-electron chi connectivity index (χ2n) is 33.6. The Morgan fingerprint density at radius 3 is 1.20 bits per heavy atom. The molecule has 0 bridgehead atoms. The summed E-state index contributed by atoms with van der Waals surface area (Å²) < 4.78 is 185. The second-order valence-corrected chi connectivity index (χ2v) is 34.5. The molecule has 3 unspecified atom stereocenters. The van der Waals surface area contributed by atoms with E-state index in [4.69, 9.17) is 38.8 Å². The van der Waals surface area contributed by atoms with E-state index >= 15 is 0 Å². The van der Waals surface area contributed by atoms with Gasteiger partial charge in [-0.05, 0) is 309 Å². The Kier molecular flexibility index (Phi) is 34.5. The number of amides is 3. The highest BCUT2D eigenvalue weighted by molar-refractivity contribution is 9.10. The minimum absolute atomic E-state index is 0.00542. The Morgan fingerprint density at radius 1 is 0.411 bits per heavy atom. The zero-order chi connectivity index (χ0) is 88.9. The van der Waals surface area contributed by atoms with Crippen LogP contribution in [0.25, 0.3) is 11.1 Å². The van der Waals surface area contributed by atoms with Crippen LogP contribution in [-0.2, 0) is 11.3 Å². The van der Waals surface area contributed by atoms with Gasteiger partial charge in [-0.1, -0.05) is 48.6 Å². The van der Waals surface area contributed by atoms with Gasteiger partial charge in [0.2, 0.25) is 0 Å². The minimum atomic E-state index is -4.21. The molecular weight excluding hydrogens is 1700 g/mol. The number of halogens is 13. The first-order chi connectivity index (χ1) is 59.1. The highest BCUT2D eigenvalue weighted by Gasteiger charge is 2.45. The van der Waals surface area contributed by atoms with Crippen LogP contribution in [0, 0.1) is 23.7 Å². The number of carbonyl (C=O) groups excluding carboxylic acids is 3. The molecule has 5 aromatic carbocycles. The van der Waals surface area contributed by atoms with Gasteiger partial charge in [0, 0.05) is 74.6 Å². The highest BCUT2D eigenvalue weighted by atomic mass is 79.9. The molecule has 18 nitrogen and oxygen atoms in total. The molecule has 7 fully saturated rings. The van der Waals surface area contributed by atoms with Crippen molar-refractivity contribution in [3.8, 4) is 23.0 Å². The molecule has 5 N–H and O–H groups in total. The molecule has 0 aromatic heterocycles. The van der Waals surface area contributed by atoms with Crippen LogP contribution in [0.4, 0.5) is 57.5 Å². The first-order valence-electron chi connectivity index (χ1n) is 43.4.